The van der Waals surface area contributed by atoms with E-state index in [1.165, 1.54) is 14.0 Å². The zero-order valence-corrected chi connectivity index (χ0v) is 9.26. The number of amides is 3. The van der Waals surface area contributed by atoms with E-state index in [0.29, 0.717) is 0 Å². The highest BCUT2D eigenvalue weighted by Gasteiger charge is 2.12. The molecule has 0 fully saturated rings. The summed E-state index contributed by atoms with van der Waals surface area (Å²) in [5.74, 6) is -1.03. The van der Waals surface area contributed by atoms with E-state index in [-0.39, 0.29) is 13.0 Å². The summed E-state index contributed by atoms with van der Waals surface area (Å²) in [5, 5.41) is 3.52. The Kier molecular flexibility index (Phi) is 6.44. The maximum absolute atomic E-state index is 11.0. The summed E-state index contributed by atoms with van der Waals surface area (Å²) in [6.07, 6.45) is 0.0501. The Balaban J connectivity index is 3.67. The monoisotopic (exact) mass is 236 g/mol. The number of imide groups is 1. The summed E-state index contributed by atoms with van der Waals surface area (Å²) in [4.78, 5) is 32.5. The number of hydrogen-bond acceptors (Lipinski definition) is 4. The Morgan fingerprint density at radius 1 is 1.40 bits per heavy atom. The topological polar surface area (TPSA) is 84.5 Å². The van der Waals surface area contributed by atoms with E-state index in [4.69, 9.17) is 11.6 Å². The number of carbonyl (C=O) groups excluding carboxylic acids is 3. The molecule has 6 nitrogen and oxygen atoms in total. The molecule has 0 aliphatic rings. The molecule has 0 rings (SSSR count). The molecule has 0 aromatic heterocycles. The fourth-order valence-corrected chi connectivity index (χ4v) is 0.690. The molecule has 0 saturated carbocycles. The Bertz CT molecular complexity index is 255. The highest BCUT2D eigenvalue weighted by molar-refractivity contribution is 6.31. The van der Waals surface area contributed by atoms with Crippen molar-refractivity contribution in [3.05, 3.63) is 0 Å². The van der Waals surface area contributed by atoms with Crippen LogP contribution in [-0.2, 0) is 14.3 Å². The lowest BCUT2D eigenvalue weighted by molar-refractivity contribution is -0.140. The molecule has 0 heterocycles. The van der Waals surface area contributed by atoms with Gasteiger partial charge in [0.05, 0.1) is 13.5 Å². The second kappa shape index (κ2) is 7.05. The number of methoxy groups -OCH3 is 1. The summed E-state index contributed by atoms with van der Waals surface area (Å²) < 4.78 is 4.35. The van der Waals surface area contributed by atoms with E-state index >= 15 is 0 Å². The summed E-state index contributed by atoms with van der Waals surface area (Å²) in [5.41, 5.74) is 0. The van der Waals surface area contributed by atoms with Crippen molar-refractivity contribution >= 4 is 29.5 Å². The number of ether oxygens (including phenoxy) is 1. The van der Waals surface area contributed by atoms with Gasteiger partial charge >= 0.3 is 12.0 Å². The van der Waals surface area contributed by atoms with Crippen molar-refractivity contribution < 1.29 is 19.1 Å². The third kappa shape index (κ3) is 6.73. The molecule has 7 heteroatoms. The van der Waals surface area contributed by atoms with Crippen LogP contribution in [-0.4, -0.2) is 36.9 Å². The normalized spacial score (nSPS) is 11.4. The summed E-state index contributed by atoms with van der Waals surface area (Å²) >= 11 is 5.41. The minimum absolute atomic E-state index is 0.0501. The smallest absolute Gasteiger partial charge is 0.321 e. The van der Waals surface area contributed by atoms with Crippen LogP contribution < -0.4 is 10.6 Å². The Morgan fingerprint density at radius 2 is 2.00 bits per heavy atom. The van der Waals surface area contributed by atoms with Gasteiger partial charge in [-0.1, -0.05) is 0 Å². The predicted octanol–water partition coefficient (Wildman–Crippen LogP) is 0.00260. The first-order valence-electron chi connectivity index (χ1n) is 4.27. The number of halogens is 1. The maximum Gasteiger partial charge on any atom is 0.321 e. The van der Waals surface area contributed by atoms with Crippen LogP contribution in [0.15, 0.2) is 0 Å². The molecule has 0 spiro atoms. The van der Waals surface area contributed by atoms with Crippen LogP contribution >= 0.6 is 11.6 Å². The van der Waals surface area contributed by atoms with Gasteiger partial charge in [0.2, 0.25) is 5.91 Å². The van der Waals surface area contributed by atoms with E-state index in [2.05, 4.69) is 10.1 Å². The predicted molar refractivity (Wildman–Crippen MR) is 53.5 cm³/mol. The molecule has 0 aliphatic carbocycles. The lowest BCUT2D eigenvalue weighted by Gasteiger charge is -2.06. The lowest BCUT2D eigenvalue weighted by Crippen LogP contribution is -2.42. The van der Waals surface area contributed by atoms with Crippen molar-refractivity contribution in [2.45, 2.75) is 18.7 Å². The Hall–Kier alpha value is -1.30. The number of hydrogen-bond donors (Lipinski definition) is 2. The largest absolute Gasteiger partial charge is 0.469 e. The van der Waals surface area contributed by atoms with Gasteiger partial charge in [-0.15, -0.1) is 11.6 Å². The van der Waals surface area contributed by atoms with Crippen LogP contribution in [0.3, 0.4) is 0 Å². The summed E-state index contributed by atoms with van der Waals surface area (Å²) in [6.45, 7) is 1.54. The second-order valence-corrected chi connectivity index (χ2v) is 3.34. The molecule has 0 bridgehead atoms. The van der Waals surface area contributed by atoms with Crippen molar-refractivity contribution in [1.29, 1.82) is 0 Å². The van der Waals surface area contributed by atoms with Gasteiger partial charge in [-0.2, -0.15) is 0 Å². The molecule has 2 N–H and O–H groups in total. The minimum Gasteiger partial charge on any atom is -0.469 e. The van der Waals surface area contributed by atoms with E-state index in [0.717, 1.165) is 0 Å². The quantitative estimate of drug-likeness (QED) is 0.532. The molecule has 1 atom stereocenters. The highest BCUT2D eigenvalue weighted by atomic mass is 35.5. The zero-order valence-electron chi connectivity index (χ0n) is 8.50. The second-order valence-electron chi connectivity index (χ2n) is 2.69. The molecule has 0 aromatic carbocycles. The number of urea groups is 1. The molecule has 86 valence electrons. The number of alkyl halides is 1. The first-order valence-corrected chi connectivity index (χ1v) is 4.70. The third-order valence-corrected chi connectivity index (χ3v) is 1.64. The van der Waals surface area contributed by atoms with Crippen molar-refractivity contribution in [2.24, 2.45) is 0 Å². The van der Waals surface area contributed by atoms with Gasteiger partial charge in [0, 0.05) is 6.54 Å². The van der Waals surface area contributed by atoms with Crippen LogP contribution in [0.5, 0.6) is 0 Å². The first-order chi connectivity index (χ1) is 6.97. The number of rotatable bonds is 4. The SMILES string of the molecule is COC(=O)CCNC(=O)NC(=O)C(C)Cl. The van der Waals surface area contributed by atoms with Crippen molar-refractivity contribution in [3.63, 3.8) is 0 Å². The zero-order chi connectivity index (χ0) is 11.8. The van der Waals surface area contributed by atoms with Gasteiger partial charge < -0.3 is 10.1 Å². The van der Waals surface area contributed by atoms with Crippen LogP contribution in [0.1, 0.15) is 13.3 Å². The molecule has 15 heavy (non-hydrogen) atoms. The Morgan fingerprint density at radius 3 is 2.47 bits per heavy atom. The highest BCUT2D eigenvalue weighted by Crippen LogP contribution is 1.91. The van der Waals surface area contributed by atoms with Gasteiger partial charge in [-0.25, -0.2) is 4.79 Å². The standard InChI is InChI=1S/C8H13ClN2O4/c1-5(9)7(13)11-8(14)10-4-3-6(12)15-2/h5H,3-4H2,1-2H3,(H2,10,11,13,14). The fourth-order valence-electron chi connectivity index (χ4n) is 0.636. The fraction of sp³-hybridized carbons (Fsp3) is 0.625. The number of nitrogens with one attached hydrogen (secondary N) is 2. The average Bonchev–Trinajstić information content (AvgIpc) is 2.17. The molecule has 3 amide bonds. The Labute approximate surface area is 92.3 Å². The summed E-state index contributed by atoms with van der Waals surface area (Å²) in [6, 6.07) is -0.684. The van der Waals surface area contributed by atoms with E-state index in [1.54, 1.807) is 0 Å². The van der Waals surface area contributed by atoms with Crippen LogP contribution in [0.25, 0.3) is 0 Å². The van der Waals surface area contributed by atoms with Crippen LogP contribution in [0.2, 0.25) is 0 Å². The van der Waals surface area contributed by atoms with E-state index in [9.17, 15) is 14.4 Å². The molecule has 0 radical (unpaired) electrons. The molecule has 0 aromatic rings. The van der Waals surface area contributed by atoms with Crippen molar-refractivity contribution in [2.75, 3.05) is 13.7 Å². The molecule has 1 unspecified atom stereocenters. The maximum atomic E-state index is 11.0. The number of carbonyl (C=O) groups is 3. The van der Waals surface area contributed by atoms with E-state index in [1.807, 2.05) is 5.32 Å². The van der Waals surface area contributed by atoms with Gasteiger partial charge in [-0.3, -0.25) is 14.9 Å². The third-order valence-electron chi connectivity index (χ3n) is 1.44. The van der Waals surface area contributed by atoms with Crippen molar-refractivity contribution in [1.82, 2.24) is 10.6 Å². The lowest BCUT2D eigenvalue weighted by atomic mass is 10.4. The molecular formula is C8H13ClN2O4. The molecule has 0 aliphatic heterocycles. The van der Waals surface area contributed by atoms with Crippen molar-refractivity contribution in [3.8, 4) is 0 Å². The van der Waals surface area contributed by atoms with E-state index < -0.39 is 23.3 Å². The van der Waals surface area contributed by atoms with Gasteiger partial charge in [-0.05, 0) is 6.92 Å². The van der Waals surface area contributed by atoms with Gasteiger partial charge in [0.25, 0.3) is 0 Å². The van der Waals surface area contributed by atoms with Crippen LogP contribution in [0.4, 0.5) is 4.79 Å². The average molecular weight is 237 g/mol. The first kappa shape index (κ1) is 13.7. The van der Waals surface area contributed by atoms with Gasteiger partial charge in [0.1, 0.15) is 5.38 Å². The molecular weight excluding hydrogens is 224 g/mol. The van der Waals surface area contributed by atoms with Gasteiger partial charge in [0.15, 0.2) is 0 Å². The minimum atomic E-state index is -0.781. The summed E-state index contributed by atoms with van der Waals surface area (Å²) in [7, 11) is 1.25. The molecule has 0 saturated heterocycles. The van der Waals surface area contributed by atoms with Crippen LogP contribution in [0, 0.1) is 0 Å². The number of esters is 1.